The molecule has 7 nitrogen and oxygen atoms in total. The van der Waals surface area contributed by atoms with E-state index < -0.39 is 16.0 Å². The van der Waals surface area contributed by atoms with E-state index >= 15 is 0 Å². The summed E-state index contributed by atoms with van der Waals surface area (Å²) in [5, 5.41) is 9.11. The average molecular weight is 334 g/mol. The highest BCUT2D eigenvalue weighted by Gasteiger charge is 2.37. The van der Waals surface area contributed by atoms with Crippen LogP contribution in [0.2, 0.25) is 0 Å². The van der Waals surface area contributed by atoms with Crippen molar-refractivity contribution < 1.29 is 23.1 Å². The van der Waals surface area contributed by atoms with Gasteiger partial charge < -0.3 is 9.84 Å². The number of carbonyl (C=O) groups excluding carboxylic acids is 1. The second-order valence-corrected chi connectivity index (χ2v) is 7.70. The zero-order valence-corrected chi connectivity index (χ0v) is 13.3. The summed E-state index contributed by atoms with van der Waals surface area (Å²) in [7, 11) is -2.61. The van der Waals surface area contributed by atoms with E-state index in [0.717, 1.165) is 24.2 Å². The molecule has 2 heterocycles. The van der Waals surface area contributed by atoms with Gasteiger partial charge in [0.15, 0.2) is 9.90 Å². The SMILES string of the molecule is COC(=O)c1ncsc1S(=O)(=O)N1CCCCC1CCO. The lowest BCUT2D eigenvalue weighted by Gasteiger charge is -2.34. The van der Waals surface area contributed by atoms with E-state index in [2.05, 4.69) is 9.72 Å². The molecule has 1 aliphatic heterocycles. The lowest BCUT2D eigenvalue weighted by molar-refractivity contribution is 0.0590. The first kappa shape index (κ1) is 16.3. The van der Waals surface area contributed by atoms with Gasteiger partial charge in [0.1, 0.15) is 0 Å². The zero-order valence-electron chi connectivity index (χ0n) is 11.7. The highest BCUT2D eigenvalue weighted by atomic mass is 32.2. The van der Waals surface area contributed by atoms with Crippen molar-refractivity contribution in [3.8, 4) is 0 Å². The van der Waals surface area contributed by atoms with E-state index in [1.165, 1.54) is 16.9 Å². The maximum Gasteiger partial charge on any atom is 0.358 e. The number of aromatic nitrogens is 1. The lowest BCUT2D eigenvalue weighted by atomic mass is 10.0. The number of ether oxygens (including phenoxy) is 1. The maximum absolute atomic E-state index is 12.8. The average Bonchev–Trinajstić information content (AvgIpc) is 2.97. The number of nitrogens with zero attached hydrogens (tertiary/aromatic N) is 2. The van der Waals surface area contributed by atoms with Crippen LogP contribution in [0.25, 0.3) is 0 Å². The smallest absolute Gasteiger partial charge is 0.358 e. The van der Waals surface area contributed by atoms with Gasteiger partial charge in [-0.3, -0.25) is 0 Å². The standard InChI is InChI=1S/C12H18N2O5S2/c1-19-11(16)10-12(20-8-13-10)21(17,18)14-6-3-2-4-9(14)5-7-15/h8-9,15H,2-7H2,1H3. The summed E-state index contributed by atoms with van der Waals surface area (Å²) < 4.78 is 31.4. The Morgan fingerprint density at radius 3 is 3.00 bits per heavy atom. The van der Waals surface area contributed by atoms with Gasteiger partial charge in [-0.1, -0.05) is 6.42 Å². The van der Waals surface area contributed by atoms with E-state index in [-0.39, 0.29) is 22.6 Å². The molecular weight excluding hydrogens is 316 g/mol. The molecule has 1 aromatic rings. The second kappa shape index (κ2) is 6.82. The van der Waals surface area contributed by atoms with E-state index in [1.807, 2.05) is 0 Å². The van der Waals surface area contributed by atoms with Crippen LogP contribution >= 0.6 is 11.3 Å². The molecule has 0 bridgehead atoms. The molecule has 1 N–H and O–H groups in total. The molecule has 2 rings (SSSR count). The maximum atomic E-state index is 12.8. The molecule has 0 amide bonds. The zero-order chi connectivity index (χ0) is 15.5. The van der Waals surface area contributed by atoms with E-state index in [1.54, 1.807) is 0 Å². The lowest BCUT2D eigenvalue weighted by Crippen LogP contribution is -2.44. The summed E-state index contributed by atoms with van der Waals surface area (Å²) in [6.07, 6.45) is 2.81. The number of rotatable bonds is 5. The van der Waals surface area contributed by atoms with E-state index in [4.69, 9.17) is 5.11 Å². The third-order valence-electron chi connectivity index (χ3n) is 3.49. The number of carbonyl (C=O) groups is 1. The molecule has 0 aliphatic carbocycles. The van der Waals surface area contributed by atoms with Crippen molar-refractivity contribution in [3.05, 3.63) is 11.2 Å². The number of aliphatic hydroxyl groups excluding tert-OH is 1. The molecule has 1 aliphatic rings. The molecule has 21 heavy (non-hydrogen) atoms. The fourth-order valence-electron chi connectivity index (χ4n) is 2.49. The van der Waals surface area contributed by atoms with Crippen molar-refractivity contribution in [3.63, 3.8) is 0 Å². The molecule has 1 saturated heterocycles. The fourth-order valence-corrected chi connectivity index (χ4v) is 5.46. The van der Waals surface area contributed by atoms with Gasteiger partial charge in [0.2, 0.25) is 0 Å². The minimum Gasteiger partial charge on any atom is -0.464 e. The monoisotopic (exact) mass is 334 g/mol. The number of thiazole rings is 1. The summed E-state index contributed by atoms with van der Waals surface area (Å²) in [5.74, 6) is -0.759. The van der Waals surface area contributed by atoms with Crippen LogP contribution in [-0.4, -0.2) is 55.1 Å². The van der Waals surface area contributed by atoms with Crippen LogP contribution in [0.5, 0.6) is 0 Å². The van der Waals surface area contributed by atoms with Gasteiger partial charge in [0.25, 0.3) is 10.0 Å². The summed E-state index contributed by atoms with van der Waals surface area (Å²) in [5.41, 5.74) is 1.15. The highest BCUT2D eigenvalue weighted by molar-refractivity contribution is 7.91. The summed E-state index contributed by atoms with van der Waals surface area (Å²) in [4.78, 5) is 15.4. The van der Waals surface area contributed by atoms with Crippen LogP contribution in [0.15, 0.2) is 9.72 Å². The van der Waals surface area contributed by atoms with E-state index in [9.17, 15) is 13.2 Å². The second-order valence-electron chi connectivity index (χ2n) is 4.76. The first-order valence-corrected chi connectivity index (χ1v) is 8.99. The Morgan fingerprint density at radius 2 is 2.33 bits per heavy atom. The van der Waals surface area contributed by atoms with Crippen molar-refractivity contribution in [1.82, 2.24) is 9.29 Å². The first-order valence-electron chi connectivity index (χ1n) is 6.67. The molecule has 0 radical (unpaired) electrons. The molecule has 1 unspecified atom stereocenters. The molecule has 1 atom stereocenters. The number of hydrogen-bond acceptors (Lipinski definition) is 7. The minimum absolute atomic E-state index is 0.0662. The topological polar surface area (TPSA) is 96.8 Å². The highest BCUT2D eigenvalue weighted by Crippen LogP contribution is 2.30. The fraction of sp³-hybridized carbons (Fsp3) is 0.667. The van der Waals surface area contributed by atoms with Crippen molar-refractivity contribution in [2.24, 2.45) is 0 Å². The van der Waals surface area contributed by atoms with Gasteiger partial charge in [0.05, 0.1) is 12.6 Å². The Balaban J connectivity index is 2.36. The Morgan fingerprint density at radius 1 is 1.57 bits per heavy atom. The van der Waals surface area contributed by atoms with Crippen LogP contribution < -0.4 is 0 Å². The molecule has 0 spiro atoms. The Bertz CT molecular complexity index is 597. The van der Waals surface area contributed by atoms with Gasteiger partial charge in [-0.15, -0.1) is 11.3 Å². The number of hydrogen-bond donors (Lipinski definition) is 1. The summed E-state index contributed by atoms with van der Waals surface area (Å²) >= 11 is 0.910. The Labute approximate surface area is 127 Å². The molecular formula is C12H18N2O5S2. The van der Waals surface area contributed by atoms with Crippen LogP contribution in [-0.2, 0) is 14.8 Å². The first-order chi connectivity index (χ1) is 10.0. The third kappa shape index (κ3) is 3.25. The van der Waals surface area contributed by atoms with Crippen LogP contribution in [0, 0.1) is 0 Å². The van der Waals surface area contributed by atoms with Gasteiger partial charge in [-0.05, 0) is 19.3 Å². The molecule has 1 aromatic heterocycles. The Hall–Kier alpha value is -1.03. The van der Waals surface area contributed by atoms with Crippen molar-refractivity contribution >= 4 is 27.3 Å². The number of aliphatic hydroxyl groups is 1. The van der Waals surface area contributed by atoms with Crippen LogP contribution in [0.4, 0.5) is 0 Å². The van der Waals surface area contributed by atoms with Crippen molar-refractivity contribution in [1.29, 1.82) is 0 Å². The number of esters is 1. The van der Waals surface area contributed by atoms with Gasteiger partial charge in [-0.25, -0.2) is 18.2 Å². The van der Waals surface area contributed by atoms with Crippen molar-refractivity contribution in [2.45, 2.75) is 35.9 Å². The van der Waals surface area contributed by atoms with Gasteiger partial charge in [-0.2, -0.15) is 4.31 Å². The van der Waals surface area contributed by atoms with Crippen molar-refractivity contribution in [2.75, 3.05) is 20.3 Å². The Kier molecular flexibility index (Phi) is 5.31. The number of piperidine rings is 1. The molecule has 9 heteroatoms. The predicted octanol–water partition coefficient (Wildman–Crippen LogP) is 0.855. The molecule has 0 aromatic carbocycles. The molecule has 118 valence electrons. The molecule has 0 saturated carbocycles. The van der Waals surface area contributed by atoms with E-state index in [0.29, 0.717) is 19.4 Å². The van der Waals surface area contributed by atoms with Crippen LogP contribution in [0.1, 0.15) is 36.2 Å². The summed E-state index contributed by atoms with van der Waals surface area (Å²) in [6.45, 7) is 0.328. The van der Waals surface area contributed by atoms with Crippen LogP contribution in [0.3, 0.4) is 0 Å². The predicted molar refractivity (Wildman–Crippen MR) is 76.7 cm³/mol. The van der Waals surface area contributed by atoms with Gasteiger partial charge in [0, 0.05) is 19.2 Å². The summed E-state index contributed by atoms with van der Waals surface area (Å²) in [6, 6.07) is -0.235. The van der Waals surface area contributed by atoms with Gasteiger partial charge >= 0.3 is 5.97 Å². The normalized spacial score (nSPS) is 20.4. The largest absolute Gasteiger partial charge is 0.464 e. The quantitative estimate of drug-likeness (QED) is 0.802. The number of methoxy groups -OCH3 is 1. The third-order valence-corrected chi connectivity index (χ3v) is 6.79. The number of sulfonamides is 1. The minimum atomic E-state index is -3.80. The molecule has 1 fully saturated rings.